The molecule has 1 fully saturated rings. The highest BCUT2D eigenvalue weighted by Crippen LogP contribution is 2.40. The van der Waals surface area contributed by atoms with Gasteiger partial charge in [0.1, 0.15) is 42.8 Å². The van der Waals surface area contributed by atoms with E-state index in [4.69, 9.17) is 19.3 Å². The van der Waals surface area contributed by atoms with Crippen molar-refractivity contribution in [2.75, 3.05) is 18.5 Å². The zero-order valence-corrected chi connectivity index (χ0v) is 16.6. The number of carbonyl (C=O) groups excluding carboxylic acids is 1. The number of nitrogens with zero attached hydrogens (tertiary/aromatic N) is 4. The predicted octanol–water partition coefficient (Wildman–Crippen LogP) is 0.468. The number of fused-ring (bicyclic) bond motifs is 1. The van der Waals surface area contributed by atoms with E-state index in [0.717, 1.165) is 10.8 Å². The van der Waals surface area contributed by atoms with Crippen molar-refractivity contribution in [3.8, 4) is 6.07 Å². The minimum absolute atomic E-state index is 0.0253. The predicted molar refractivity (Wildman–Crippen MR) is 101 cm³/mol. The van der Waals surface area contributed by atoms with Crippen LogP contribution in [0.25, 0.3) is 5.52 Å². The van der Waals surface area contributed by atoms with E-state index < -0.39 is 42.8 Å². The van der Waals surface area contributed by atoms with Crippen LogP contribution in [0.1, 0.15) is 19.5 Å². The third-order valence-corrected chi connectivity index (χ3v) is 4.58. The van der Waals surface area contributed by atoms with E-state index in [2.05, 4.69) is 15.4 Å². The van der Waals surface area contributed by atoms with E-state index in [1.165, 1.54) is 12.1 Å². The first-order valence-corrected chi connectivity index (χ1v) is 9.27. The number of carbonyl (C=O) groups is 2. The molecule has 0 aromatic carbocycles. The molecular formula is C18H21N5O8. The molecule has 13 nitrogen and oxygen atoms in total. The number of aliphatic hydroxyl groups excluding tert-OH is 2. The highest BCUT2D eigenvalue weighted by atomic mass is 16.7. The van der Waals surface area contributed by atoms with Crippen molar-refractivity contribution >= 4 is 23.6 Å². The Kier molecular flexibility index (Phi) is 6.25. The molecule has 3 rings (SSSR count). The lowest BCUT2D eigenvalue weighted by Gasteiger charge is -2.24. The number of aromatic nitrogens is 3. The molecule has 2 aromatic rings. The quantitative estimate of drug-likeness (QED) is 0.461. The average Bonchev–Trinajstić information content (AvgIpc) is 3.26. The van der Waals surface area contributed by atoms with Crippen LogP contribution in [0, 0.1) is 17.2 Å². The zero-order chi connectivity index (χ0) is 22.8. The van der Waals surface area contributed by atoms with Crippen LogP contribution < -0.4 is 5.32 Å². The van der Waals surface area contributed by atoms with Crippen molar-refractivity contribution in [2.24, 2.45) is 5.92 Å². The molecule has 0 aliphatic carbocycles. The minimum atomic E-state index is -2.07. The monoisotopic (exact) mass is 435 g/mol. The highest BCUT2D eigenvalue weighted by molar-refractivity contribution is 5.87. The average molecular weight is 435 g/mol. The third kappa shape index (κ3) is 4.22. The Hall–Kier alpha value is -3.47. The first-order valence-electron chi connectivity index (χ1n) is 9.27. The Labute approximate surface area is 175 Å². The van der Waals surface area contributed by atoms with Crippen LogP contribution in [0.3, 0.4) is 0 Å². The lowest BCUT2D eigenvalue weighted by molar-refractivity contribution is -0.0724. The lowest BCUT2D eigenvalue weighted by atomic mass is 9.92. The van der Waals surface area contributed by atoms with E-state index in [1.807, 2.05) is 19.9 Å². The van der Waals surface area contributed by atoms with Gasteiger partial charge in [-0.3, -0.25) is 5.32 Å². The number of anilines is 1. The fraction of sp³-hybridized carbons (Fsp3) is 0.500. The Morgan fingerprint density at radius 2 is 2.13 bits per heavy atom. The molecule has 0 bridgehead atoms. The topological polar surface area (TPSA) is 189 Å². The molecule has 4 N–H and O–H groups in total. The summed E-state index contributed by atoms with van der Waals surface area (Å²) in [6.07, 6.45) is -5.80. The maximum atomic E-state index is 11.7. The van der Waals surface area contributed by atoms with Crippen molar-refractivity contribution in [1.82, 2.24) is 14.6 Å². The van der Waals surface area contributed by atoms with Crippen LogP contribution in [0.5, 0.6) is 0 Å². The van der Waals surface area contributed by atoms with Gasteiger partial charge in [0.15, 0.2) is 5.82 Å². The number of amides is 1. The first kappa shape index (κ1) is 22.2. The number of hydrogen-bond acceptors (Lipinski definition) is 10. The van der Waals surface area contributed by atoms with Crippen molar-refractivity contribution in [2.45, 2.75) is 37.8 Å². The second kappa shape index (κ2) is 8.72. The Morgan fingerprint density at radius 3 is 2.77 bits per heavy atom. The van der Waals surface area contributed by atoms with Gasteiger partial charge in [-0.15, -0.1) is 0 Å². The van der Waals surface area contributed by atoms with Gasteiger partial charge < -0.3 is 29.5 Å². The molecule has 1 aliphatic rings. The molecule has 1 saturated heterocycles. The van der Waals surface area contributed by atoms with Crippen LogP contribution in [-0.2, 0) is 19.8 Å². The number of nitriles is 1. The van der Waals surface area contributed by atoms with Crippen molar-refractivity contribution < 1.29 is 39.1 Å². The van der Waals surface area contributed by atoms with Crippen LogP contribution >= 0.6 is 0 Å². The smallest absolute Gasteiger partial charge is 0.465 e. The van der Waals surface area contributed by atoms with Gasteiger partial charge >= 0.3 is 12.2 Å². The van der Waals surface area contributed by atoms with E-state index in [0.29, 0.717) is 0 Å². The first-order chi connectivity index (χ1) is 14.7. The number of carboxylic acid groups (broad SMARTS) is 1. The van der Waals surface area contributed by atoms with Crippen molar-refractivity contribution in [3.63, 3.8) is 0 Å². The largest absolute Gasteiger partial charge is 0.508 e. The number of hydrogen-bond donors (Lipinski definition) is 4. The fourth-order valence-electron chi connectivity index (χ4n) is 3.16. The third-order valence-electron chi connectivity index (χ3n) is 4.58. The summed E-state index contributed by atoms with van der Waals surface area (Å²) in [5.74, 6) is 0.0433. The standard InChI is InChI=1S/C18H21N5O8/c1-9(2)5-29-17(28)30-6-11-13(24)14(25)18(7-19,31-11)12-4-3-10-15(22-16(26)27)20-8-21-23(10)12/h3-4,8-9,11,13-14,24-25H,5-6H2,1-2H3,(H,26,27)(H,20,21,22)/t11-,13-,14-,18+/m1/s1. The molecule has 2 aromatic heterocycles. The zero-order valence-electron chi connectivity index (χ0n) is 16.6. The van der Waals surface area contributed by atoms with Crippen LogP contribution in [0.4, 0.5) is 15.4 Å². The van der Waals surface area contributed by atoms with E-state index in [-0.39, 0.29) is 29.6 Å². The molecule has 13 heteroatoms. The van der Waals surface area contributed by atoms with Crippen molar-refractivity contribution in [3.05, 3.63) is 24.2 Å². The molecule has 166 valence electrons. The summed E-state index contributed by atoms with van der Waals surface area (Å²) in [4.78, 5) is 26.5. The molecule has 1 amide bonds. The molecule has 0 radical (unpaired) electrons. The summed E-state index contributed by atoms with van der Waals surface area (Å²) in [6.45, 7) is 3.36. The Bertz CT molecular complexity index is 1020. The van der Waals surface area contributed by atoms with Gasteiger partial charge in [-0.05, 0) is 18.1 Å². The number of nitrogens with one attached hydrogen (secondary N) is 1. The summed E-state index contributed by atoms with van der Waals surface area (Å²) < 4.78 is 16.6. The number of ether oxygens (including phenoxy) is 3. The second-order valence-corrected chi connectivity index (χ2v) is 7.26. The maximum Gasteiger partial charge on any atom is 0.508 e. The normalized spacial score (nSPS) is 25.4. The van der Waals surface area contributed by atoms with Gasteiger partial charge in [-0.2, -0.15) is 10.4 Å². The van der Waals surface area contributed by atoms with E-state index in [1.54, 1.807) is 0 Å². The van der Waals surface area contributed by atoms with Gasteiger partial charge in [0.25, 0.3) is 0 Å². The molecule has 0 unspecified atom stereocenters. The maximum absolute atomic E-state index is 11.7. The molecule has 4 atom stereocenters. The van der Waals surface area contributed by atoms with Crippen LogP contribution in [-0.4, -0.2) is 73.7 Å². The Morgan fingerprint density at radius 1 is 1.39 bits per heavy atom. The second-order valence-electron chi connectivity index (χ2n) is 7.26. The van der Waals surface area contributed by atoms with Crippen LogP contribution in [0.15, 0.2) is 18.5 Å². The lowest BCUT2D eigenvalue weighted by Crippen LogP contribution is -2.41. The summed E-state index contributed by atoms with van der Waals surface area (Å²) in [5, 5.41) is 45.9. The molecule has 3 heterocycles. The summed E-state index contributed by atoms with van der Waals surface area (Å²) >= 11 is 0. The Balaban J connectivity index is 1.86. The van der Waals surface area contributed by atoms with Gasteiger partial charge in [-0.25, -0.2) is 19.1 Å². The molecule has 1 aliphatic heterocycles. The van der Waals surface area contributed by atoms with Gasteiger partial charge in [-0.1, -0.05) is 13.8 Å². The van der Waals surface area contributed by atoms with E-state index >= 15 is 0 Å². The molecule has 0 saturated carbocycles. The van der Waals surface area contributed by atoms with Gasteiger partial charge in [0, 0.05) is 0 Å². The summed E-state index contributed by atoms with van der Waals surface area (Å²) in [7, 11) is 0. The van der Waals surface area contributed by atoms with Crippen molar-refractivity contribution in [1.29, 1.82) is 5.26 Å². The highest BCUT2D eigenvalue weighted by Gasteiger charge is 2.57. The molecular weight excluding hydrogens is 414 g/mol. The number of aliphatic hydroxyl groups is 2. The summed E-state index contributed by atoms with van der Waals surface area (Å²) in [6, 6.07) is 4.66. The van der Waals surface area contributed by atoms with Crippen LogP contribution in [0.2, 0.25) is 0 Å². The number of rotatable bonds is 6. The van der Waals surface area contributed by atoms with Gasteiger partial charge in [0.05, 0.1) is 12.3 Å². The fourth-order valence-corrected chi connectivity index (χ4v) is 3.16. The van der Waals surface area contributed by atoms with E-state index in [9.17, 15) is 25.1 Å². The minimum Gasteiger partial charge on any atom is -0.465 e. The summed E-state index contributed by atoms with van der Waals surface area (Å²) in [5.41, 5.74) is -1.86. The van der Waals surface area contributed by atoms with Gasteiger partial charge in [0.2, 0.25) is 5.60 Å². The SMILES string of the molecule is CC(C)COC(=O)OC[C@H]1O[C@@](C#N)(c2ccc3c(NC(=O)O)ncnn23)[C@H](O)[C@@H]1O. The molecule has 31 heavy (non-hydrogen) atoms. The molecule has 0 spiro atoms.